The van der Waals surface area contributed by atoms with Gasteiger partial charge in [0.2, 0.25) is 11.8 Å². The molecule has 2 aliphatic heterocycles. The van der Waals surface area contributed by atoms with E-state index < -0.39 is 0 Å². The van der Waals surface area contributed by atoms with Crippen LogP contribution >= 0.6 is 0 Å². The number of nitrogens with one attached hydrogen (secondary N) is 1. The summed E-state index contributed by atoms with van der Waals surface area (Å²) in [5.41, 5.74) is 1.20. The van der Waals surface area contributed by atoms with Crippen LogP contribution in [0.2, 0.25) is 0 Å². The molecule has 2 amide bonds. The molecule has 2 saturated heterocycles. The molecular weight excluding hydrogens is 392 g/mol. The predicted molar refractivity (Wildman–Crippen MR) is 122 cm³/mol. The summed E-state index contributed by atoms with van der Waals surface area (Å²) in [6, 6.07) is 8.49. The number of amides is 2. The van der Waals surface area contributed by atoms with Crippen LogP contribution in [0.4, 0.5) is 0 Å². The van der Waals surface area contributed by atoms with Gasteiger partial charge < -0.3 is 19.9 Å². The Bertz CT molecular complexity index is 746. The zero-order valence-corrected chi connectivity index (χ0v) is 18.7. The van der Waals surface area contributed by atoms with Crippen LogP contribution in [0, 0.1) is 0 Å². The Hall–Kier alpha value is -2.38. The second-order valence-corrected chi connectivity index (χ2v) is 8.55. The zero-order chi connectivity index (χ0) is 22.1. The maximum Gasteiger partial charge on any atom is 0.222 e. The average molecular weight is 429 g/mol. The number of rotatable bonds is 11. The van der Waals surface area contributed by atoms with Gasteiger partial charge in [-0.2, -0.15) is 0 Å². The molecule has 0 spiro atoms. The van der Waals surface area contributed by atoms with E-state index in [1.165, 1.54) is 5.56 Å². The fourth-order valence-corrected chi connectivity index (χ4v) is 4.20. The standard InChI is InChI=1S/C24H36N4O3/c1-3-4-8-24(30)28-13-11-27(12-14-28)15-16-31-22-7-5-6-20(17-22)18-26(2)19-21-9-10-23(29)25-21/h3,5-7,17,21H,1,4,8-16,18-19H2,2H3,(H,25,29)/t21-/m1/s1. The highest BCUT2D eigenvalue weighted by atomic mass is 16.5. The third-order valence-electron chi connectivity index (χ3n) is 5.93. The van der Waals surface area contributed by atoms with Gasteiger partial charge in [0.15, 0.2) is 0 Å². The summed E-state index contributed by atoms with van der Waals surface area (Å²) in [5.74, 6) is 1.28. The van der Waals surface area contributed by atoms with E-state index in [-0.39, 0.29) is 17.9 Å². The van der Waals surface area contributed by atoms with Crippen LogP contribution in [0.1, 0.15) is 31.2 Å². The van der Waals surface area contributed by atoms with Crippen molar-refractivity contribution in [1.82, 2.24) is 20.0 Å². The molecule has 7 nitrogen and oxygen atoms in total. The van der Waals surface area contributed by atoms with E-state index in [2.05, 4.69) is 40.9 Å². The normalized spacial score (nSPS) is 19.5. The number of hydrogen-bond acceptors (Lipinski definition) is 5. The number of benzene rings is 1. The van der Waals surface area contributed by atoms with E-state index in [1.807, 2.05) is 17.0 Å². The number of nitrogens with zero attached hydrogens (tertiary/aromatic N) is 3. The lowest BCUT2D eigenvalue weighted by Gasteiger charge is -2.34. The molecule has 1 N–H and O–H groups in total. The number of carbonyl (C=O) groups excluding carboxylic acids is 2. The largest absolute Gasteiger partial charge is 0.492 e. The Kier molecular flexibility index (Phi) is 8.91. The van der Waals surface area contributed by atoms with E-state index in [9.17, 15) is 9.59 Å². The summed E-state index contributed by atoms with van der Waals surface area (Å²) < 4.78 is 6.00. The molecule has 0 bridgehead atoms. The highest BCUT2D eigenvalue weighted by Gasteiger charge is 2.22. The predicted octanol–water partition coefficient (Wildman–Crippen LogP) is 1.89. The molecule has 2 aliphatic rings. The number of allylic oxidation sites excluding steroid dienone is 1. The van der Waals surface area contributed by atoms with Crippen molar-refractivity contribution in [2.45, 2.75) is 38.3 Å². The van der Waals surface area contributed by atoms with Crippen molar-refractivity contribution in [2.24, 2.45) is 0 Å². The lowest BCUT2D eigenvalue weighted by molar-refractivity contribution is -0.132. The monoisotopic (exact) mass is 428 g/mol. The number of ether oxygens (including phenoxy) is 1. The van der Waals surface area contributed by atoms with Gasteiger partial charge in [-0.05, 0) is 37.6 Å². The van der Waals surface area contributed by atoms with Gasteiger partial charge in [0.25, 0.3) is 0 Å². The minimum atomic E-state index is 0.162. The smallest absolute Gasteiger partial charge is 0.222 e. The molecule has 1 aromatic carbocycles. The van der Waals surface area contributed by atoms with Gasteiger partial charge in [-0.15, -0.1) is 6.58 Å². The Labute approximate surface area is 186 Å². The Morgan fingerprint density at radius 1 is 1.32 bits per heavy atom. The number of likely N-dealkylation sites (N-methyl/N-ethyl adjacent to an activating group) is 1. The molecule has 0 aliphatic carbocycles. The molecule has 170 valence electrons. The Balaban J connectivity index is 1.35. The van der Waals surface area contributed by atoms with Crippen LogP contribution in [-0.4, -0.2) is 85.5 Å². The van der Waals surface area contributed by atoms with Crippen LogP contribution in [0.15, 0.2) is 36.9 Å². The average Bonchev–Trinajstić information content (AvgIpc) is 3.17. The molecule has 2 heterocycles. The van der Waals surface area contributed by atoms with Crippen LogP contribution in [0.25, 0.3) is 0 Å². The minimum Gasteiger partial charge on any atom is -0.492 e. The van der Waals surface area contributed by atoms with Crippen LogP contribution in [0.3, 0.4) is 0 Å². The second-order valence-electron chi connectivity index (χ2n) is 8.55. The van der Waals surface area contributed by atoms with Crippen molar-refractivity contribution in [1.29, 1.82) is 0 Å². The maximum absolute atomic E-state index is 12.1. The molecule has 1 aromatic rings. The SMILES string of the molecule is C=CCCC(=O)N1CCN(CCOc2cccc(CN(C)C[C@H]3CCC(=O)N3)c2)CC1. The molecule has 0 aromatic heterocycles. The van der Waals surface area contributed by atoms with E-state index in [0.717, 1.165) is 64.4 Å². The van der Waals surface area contributed by atoms with E-state index in [0.29, 0.717) is 19.4 Å². The van der Waals surface area contributed by atoms with Crippen molar-refractivity contribution in [2.75, 3.05) is 52.9 Å². The summed E-state index contributed by atoms with van der Waals surface area (Å²) in [5, 5.41) is 3.02. The fraction of sp³-hybridized carbons (Fsp3) is 0.583. The topological polar surface area (TPSA) is 65.1 Å². The summed E-state index contributed by atoms with van der Waals surface area (Å²) in [6.07, 6.45) is 4.67. The molecule has 2 fully saturated rings. The van der Waals surface area contributed by atoms with E-state index >= 15 is 0 Å². The van der Waals surface area contributed by atoms with Gasteiger partial charge in [-0.3, -0.25) is 14.5 Å². The van der Waals surface area contributed by atoms with Crippen molar-refractivity contribution in [3.05, 3.63) is 42.5 Å². The van der Waals surface area contributed by atoms with Crippen LogP contribution in [0.5, 0.6) is 5.75 Å². The molecule has 0 radical (unpaired) electrons. The van der Waals surface area contributed by atoms with Crippen molar-refractivity contribution in [3.63, 3.8) is 0 Å². The quantitative estimate of drug-likeness (QED) is 0.546. The van der Waals surface area contributed by atoms with Gasteiger partial charge in [0, 0.05) is 64.7 Å². The first-order chi connectivity index (χ1) is 15.0. The third-order valence-corrected chi connectivity index (χ3v) is 5.93. The molecule has 3 rings (SSSR count). The lowest BCUT2D eigenvalue weighted by Crippen LogP contribution is -2.49. The zero-order valence-electron chi connectivity index (χ0n) is 18.7. The van der Waals surface area contributed by atoms with Crippen LogP contribution < -0.4 is 10.1 Å². The third kappa shape index (κ3) is 7.67. The van der Waals surface area contributed by atoms with E-state index in [4.69, 9.17) is 4.74 Å². The Morgan fingerprint density at radius 3 is 2.84 bits per heavy atom. The number of carbonyl (C=O) groups is 2. The van der Waals surface area contributed by atoms with Gasteiger partial charge in [0.05, 0.1) is 0 Å². The summed E-state index contributed by atoms with van der Waals surface area (Å²) in [6.45, 7) is 10.2. The highest BCUT2D eigenvalue weighted by molar-refractivity contribution is 5.78. The molecule has 0 saturated carbocycles. The maximum atomic E-state index is 12.1. The summed E-state index contributed by atoms with van der Waals surface area (Å²) >= 11 is 0. The fourth-order valence-electron chi connectivity index (χ4n) is 4.20. The first-order valence-electron chi connectivity index (χ1n) is 11.3. The second kappa shape index (κ2) is 11.9. The number of hydrogen-bond donors (Lipinski definition) is 1. The summed E-state index contributed by atoms with van der Waals surface area (Å²) in [4.78, 5) is 30.0. The van der Waals surface area contributed by atoms with Gasteiger partial charge in [-0.1, -0.05) is 18.2 Å². The molecule has 0 unspecified atom stereocenters. The van der Waals surface area contributed by atoms with Crippen molar-refractivity contribution in [3.8, 4) is 5.75 Å². The first-order valence-corrected chi connectivity index (χ1v) is 11.3. The molecule has 1 atom stereocenters. The Morgan fingerprint density at radius 2 is 2.13 bits per heavy atom. The highest BCUT2D eigenvalue weighted by Crippen LogP contribution is 2.16. The lowest BCUT2D eigenvalue weighted by atomic mass is 10.1. The molecule has 31 heavy (non-hydrogen) atoms. The minimum absolute atomic E-state index is 0.162. The first kappa shape index (κ1) is 23.3. The molecule has 7 heteroatoms. The van der Waals surface area contributed by atoms with Gasteiger partial charge in [0.1, 0.15) is 12.4 Å². The van der Waals surface area contributed by atoms with Crippen LogP contribution in [-0.2, 0) is 16.1 Å². The van der Waals surface area contributed by atoms with Gasteiger partial charge in [-0.25, -0.2) is 0 Å². The van der Waals surface area contributed by atoms with Crippen molar-refractivity contribution < 1.29 is 14.3 Å². The van der Waals surface area contributed by atoms with Crippen molar-refractivity contribution >= 4 is 11.8 Å². The summed E-state index contributed by atoms with van der Waals surface area (Å²) in [7, 11) is 2.08. The van der Waals surface area contributed by atoms with E-state index in [1.54, 1.807) is 6.08 Å². The number of piperazine rings is 1. The van der Waals surface area contributed by atoms with Gasteiger partial charge >= 0.3 is 0 Å². The molecular formula is C24H36N4O3.